The molecule has 4 N–H and O–H groups in total. The predicted octanol–water partition coefficient (Wildman–Crippen LogP) is -1.54. The molecule has 0 saturated carbocycles. The van der Waals surface area contributed by atoms with Crippen LogP contribution in [-0.2, 0) is 4.79 Å². The van der Waals surface area contributed by atoms with E-state index >= 15 is 0 Å². The highest BCUT2D eigenvalue weighted by molar-refractivity contribution is 7.80. The van der Waals surface area contributed by atoms with Gasteiger partial charge in [-0.05, 0) is 14.1 Å². The molecule has 0 aliphatic carbocycles. The molecule has 0 fully saturated rings. The van der Waals surface area contributed by atoms with E-state index in [0.717, 1.165) is 0 Å². The van der Waals surface area contributed by atoms with E-state index in [1.54, 1.807) is 14.1 Å². The van der Waals surface area contributed by atoms with Gasteiger partial charge in [0.2, 0.25) is 5.91 Å². The summed E-state index contributed by atoms with van der Waals surface area (Å²) in [6.45, 7) is 0. The third kappa shape index (κ3) is 5.07. The van der Waals surface area contributed by atoms with Crippen molar-refractivity contribution in [1.29, 1.82) is 0 Å². The Bertz CT molecular complexity index is 191. The van der Waals surface area contributed by atoms with Crippen molar-refractivity contribution in [2.24, 2.45) is 0 Å². The summed E-state index contributed by atoms with van der Waals surface area (Å²) in [6, 6.07) is -0.777. The van der Waals surface area contributed by atoms with Crippen molar-refractivity contribution in [2.75, 3.05) is 25.6 Å². The first kappa shape index (κ1) is 15.0. The minimum Gasteiger partial charge on any atom is -0.376 e. The molecule has 0 aromatic carbocycles. The lowest BCUT2D eigenvalue weighted by Crippen LogP contribution is -2.55. The van der Waals surface area contributed by atoms with E-state index in [2.05, 4.69) is 41.2 Å². The third-order valence-electron chi connectivity index (χ3n) is 2.05. The number of likely N-dealkylation sites (N-methyl/N-ethyl adjacent to an activating group) is 2. The van der Waals surface area contributed by atoms with Crippen molar-refractivity contribution in [3.05, 3.63) is 0 Å². The number of aliphatic hydroxyl groups is 1. The van der Waals surface area contributed by atoms with Gasteiger partial charge in [0.25, 0.3) is 0 Å². The van der Waals surface area contributed by atoms with Crippen molar-refractivity contribution in [1.82, 2.24) is 16.0 Å². The van der Waals surface area contributed by atoms with Crippen LogP contribution in [0.15, 0.2) is 0 Å². The van der Waals surface area contributed by atoms with Crippen LogP contribution in [0, 0.1) is 0 Å². The van der Waals surface area contributed by atoms with Gasteiger partial charge in [-0.3, -0.25) is 10.1 Å². The number of thiol groups is 2. The van der Waals surface area contributed by atoms with E-state index < -0.39 is 12.3 Å². The Morgan fingerprint density at radius 1 is 1.27 bits per heavy atom. The van der Waals surface area contributed by atoms with Gasteiger partial charge in [0, 0.05) is 11.5 Å². The fourth-order valence-corrected chi connectivity index (χ4v) is 1.65. The first-order valence-electron chi connectivity index (χ1n) is 4.65. The molecule has 0 aromatic rings. The first-order chi connectivity index (χ1) is 7.10. The number of carbonyl (C=O) groups is 1. The lowest BCUT2D eigenvalue weighted by atomic mass is 10.2. The van der Waals surface area contributed by atoms with Crippen LogP contribution in [0.3, 0.4) is 0 Å². The van der Waals surface area contributed by atoms with Gasteiger partial charge in [0.1, 0.15) is 6.23 Å². The van der Waals surface area contributed by atoms with Crippen molar-refractivity contribution in [2.45, 2.75) is 18.3 Å². The molecule has 0 aliphatic heterocycles. The topological polar surface area (TPSA) is 73.4 Å². The van der Waals surface area contributed by atoms with Crippen molar-refractivity contribution < 1.29 is 9.90 Å². The molecule has 1 amide bonds. The van der Waals surface area contributed by atoms with Crippen LogP contribution in [0.4, 0.5) is 0 Å². The van der Waals surface area contributed by atoms with E-state index in [4.69, 9.17) is 0 Å². The van der Waals surface area contributed by atoms with E-state index in [1.807, 2.05) is 0 Å². The van der Waals surface area contributed by atoms with Crippen LogP contribution in [0.1, 0.15) is 0 Å². The van der Waals surface area contributed by atoms with Crippen molar-refractivity contribution >= 4 is 31.2 Å². The number of hydrogen-bond acceptors (Lipinski definition) is 6. The van der Waals surface area contributed by atoms with Crippen LogP contribution in [0.2, 0.25) is 0 Å². The van der Waals surface area contributed by atoms with Crippen LogP contribution in [0.5, 0.6) is 0 Å². The molecule has 0 radical (unpaired) electrons. The molecule has 3 atom stereocenters. The second-order valence-electron chi connectivity index (χ2n) is 3.06. The van der Waals surface area contributed by atoms with Gasteiger partial charge < -0.3 is 15.7 Å². The third-order valence-corrected chi connectivity index (χ3v) is 2.81. The smallest absolute Gasteiger partial charge is 0.238 e. The van der Waals surface area contributed by atoms with Crippen LogP contribution < -0.4 is 16.0 Å². The predicted molar refractivity (Wildman–Crippen MR) is 67.6 cm³/mol. The maximum absolute atomic E-state index is 11.6. The van der Waals surface area contributed by atoms with E-state index in [0.29, 0.717) is 11.5 Å². The average molecular weight is 253 g/mol. The van der Waals surface area contributed by atoms with Gasteiger partial charge in [-0.1, -0.05) is 0 Å². The summed E-state index contributed by atoms with van der Waals surface area (Å²) in [5.41, 5.74) is 0. The van der Waals surface area contributed by atoms with Gasteiger partial charge in [-0.15, -0.1) is 0 Å². The molecule has 0 aromatic heterocycles. The average Bonchev–Trinajstić information content (AvgIpc) is 2.26. The molecule has 0 heterocycles. The van der Waals surface area contributed by atoms with Gasteiger partial charge in [-0.2, -0.15) is 25.3 Å². The Kier molecular flexibility index (Phi) is 8.26. The summed E-state index contributed by atoms with van der Waals surface area (Å²) in [4.78, 5) is 11.6. The molecule has 0 bridgehead atoms. The quantitative estimate of drug-likeness (QED) is 0.246. The highest BCUT2D eigenvalue weighted by Crippen LogP contribution is 1.95. The number of rotatable bonds is 7. The Balaban J connectivity index is 4.22. The first-order valence-corrected chi connectivity index (χ1v) is 5.91. The number of hydrogen-bond donors (Lipinski definition) is 6. The zero-order valence-electron chi connectivity index (χ0n) is 8.90. The molecule has 5 nitrogen and oxygen atoms in total. The SMILES string of the molecule is CN[C@@H](O)[C@@H](CS)NC(=O)[C@@H](CS)NC. The lowest BCUT2D eigenvalue weighted by Gasteiger charge is -2.24. The monoisotopic (exact) mass is 253 g/mol. The van der Waals surface area contributed by atoms with E-state index in [9.17, 15) is 9.90 Å². The number of carbonyl (C=O) groups excluding carboxylic acids is 1. The van der Waals surface area contributed by atoms with E-state index in [1.165, 1.54) is 0 Å². The van der Waals surface area contributed by atoms with Crippen molar-refractivity contribution in [3.63, 3.8) is 0 Å². The zero-order chi connectivity index (χ0) is 11.8. The summed E-state index contributed by atoms with van der Waals surface area (Å²) in [5.74, 6) is 0.564. The normalized spacial score (nSPS) is 16.9. The van der Waals surface area contributed by atoms with E-state index in [-0.39, 0.29) is 11.9 Å². The Labute approximate surface area is 101 Å². The van der Waals surface area contributed by atoms with Gasteiger partial charge in [-0.25, -0.2) is 0 Å². The Morgan fingerprint density at radius 3 is 2.20 bits per heavy atom. The highest BCUT2D eigenvalue weighted by atomic mass is 32.1. The minimum atomic E-state index is -0.802. The summed E-state index contributed by atoms with van der Waals surface area (Å²) < 4.78 is 0. The number of nitrogens with one attached hydrogen (secondary N) is 3. The van der Waals surface area contributed by atoms with Gasteiger partial charge in [0.15, 0.2) is 0 Å². The second kappa shape index (κ2) is 8.23. The largest absolute Gasteiger partial charge is 0.376 e. The fraction of sp³-hybridized carbons (Fsp3) is 0.875. The molecule has 7 heteroatoms. The number of amides is 1. The molecular formula is C8H19N3O2S2. The Morgan fingerprint density at radius 2 is 1.87 bits per heavy atom. The molecule has 0 spiro atoms. The summed E-state index contributed by atoms with van der Waals surface area (Å²) in [7, 11) is 3.30. The highest BCUT2D eigenvalue weighted by Gasteiger charge is 2.22. The molecule has 0 saturated heterocycles. The minimum absolute atomic E-state index is 0.194. The molecule has 0 unspecified atom stereocenters. The molecule has 0 aliphatic rings. The molecular weight excluding hydrogens is 234 g/mol. The standard InChI is InChI=1S/C8H19N3O2S2/c1-9-5(3-14)8(13)11-6(4-15)7(12)10-2/h5-7,9-10,12,14-15H,3-4H2,1-2H3,(H,11,13)/t5-,6-,7+/m1/s1. The Hall–Kier alpha value is 0.0500. The molecule has 15 heavy (non-hydrogen) atoms. The van der Waals surface area contributed by atoms with Gasteiger partial charge in [0.05, 0.1) is 12.1 Å². The molecule has 90 valence electrons. The zero-order valence-corrected chi connectivity index (χ0v) is 10.7. The van der Waals surface area contributed by atoms with Crippen LogP contribution in [0.25, 0.3) is 0 Å². The maximum Gasteiger partial charge on any atom is 0.238 e. The maximum atomic E-state index is 11.6. The summed E-state index contributed by atoms with van der Waals surface area (Å²) >= 11 is 8.10. The van der Waals surface area contributed by atoms with Crippen molar-refractivity contribution in [3.8, 4) is 0 Å². The van der Waals surface area contributed by atoms with Gasteiger partial charge >= 0.3 is 0 Å². The second-order valence-corrected chi connectivity index (χ2v) is 3.79. The summed E-state index contributed by atoms with van der Waals surface area (Å²) in [5, 5.41) is 17.6. The van der Waals surface area contributed by atoms with Crippen LogP contribution in [-0.4, -0.2) is 54.9 Å². The fourth-order valence-electron chi connectivity index (χ4n) is 1.01. The number of aliphatic hydroxyl groups excluding tert-OH is 1. The lowest BCUT2D eigenvalue weighted by molar-refractivity contribution is -0.124. The summed E-state index contributed by atoms with van der Waals surface area (Å²) in [6.07, 6.45) is -0.802. The van der Waals surface area contributed by atoms with Crippen LogP contribution >= 0.6 is 25.3 Å². The molecule has 0 rings (SSSR count).